The lowest BCUT2D eigenvalue weighted by molar-refractivity contribution is -0.121. The van der Waals surface area contributed by atoms with Gasteiger partial charge in [-0.05, 0) is 48.5 Å². The number of carbonyl (C=O) groups excluding carboxylic acids is 1. The molecule has 0 spiro atoms. The standard InChI is InChI=1S/C21H22ClFN4O3S/c1-2-27(31(29,30)17-6-4-16(23)5-7-17)14-21(28)26-12-11-25-19-9-10-24-20-13-15(22)3-8-18(19)20/h3-10,13H,2,11-12,14H2,1H3,(H,24,25)(H,26,28). The Bertz CT molecular complexity index is 1170. The van der Waals surface area contributed by atoms with E-state index >= 15 is 0 Å². The second-order valence-electron chi connectivity index (χ2n) is 6.68. The molecule has 0 saturated heterocycles. The van der Waals surface area contributed by atoms with Crippen molar-refractivity contribution in [3.05, 3.63) is 65.6 Å². The van der Waals surface area contributed by atoms with Gasteiger partial charge in [-0.3, -0.25) is 9.78 Å². The third-order valence-electron chi connectivity index (χ3n) is 4.59. The number of amides is 1. The predicted octanol–water partition coefficient (Wildman–Crippen LogP) is 3.27. The van der Waals surface area contributed by atoms with E-state index in [1.807, 2.05) is 12.1 Å². The second-order valence-corrected chi connectivity index (χ2v) is 9.06. The van der Waals surface area contributed by atoms with Crippen LogP contribution in [0.1, 0.15) is 6.92 Å². The summed E-state index contributed by atoms with van der Waals surface area (Å²) in [6.07, 6.45) is 1.67. The molecular formula is C21H22ClFN4O3S. The molecular weight excluding hydrogens is 443 g/mol. The highest BCUT2D eigenvalue weighted by atomic mass is 35.5. The number of likely N-dealkylation sites (N-methyl/N-ethyl adjacent to an activating group) is 1. The van der Waals surface area contributed by atoms with Gasteiger partial charge in [0.1, 0.15) is 5.82 Å². The predicted molar refractivity (Wildman–Crippen MR) is 119 cm³/mol. The van der Waals surface area contributed by atoms with E-state index in [1.54, 1.807) is 25.3 Å². The van der Waals surface area contributed by atoms with Crippen molar-refractivity contribution in [3.63, 3.8) is 0 Å². The number of hydrogen-bond acceptors (Lipinski definition) is 5. The van der Waals surface area contributed by atoms with Gasteiger partial charge in [-0.15, -0.1) is 0 Å². The molecule has 0 aliphatic rings. The summed E-state index contributed by atoms with van der Waals surface area (Å²) in [5.41, 5.74) is 1.61. The van der Waals surface area contributed by atoms with E-state index in [1.165, 1.54) is 12.1 Å². The minimum atomic E-state index is -3.89. The first-order valence-electron chi connectivity index (χ1n) is 9.62. The van der Waals surface area contributed by atoms with Gasteiger partial charge in [-0.25, -0.2) is 12.8 Å². The molecule has 2 aromatic carbocycles. The maximum Gasteiger partial charge on any atom is 0.243 e. The summed E-state index contributed by atoms with van der Waals surface area (Å²) < 4.78 is 39.5. The zero-order valence-electron chi connectivity index (χ0n) is 16.8. The van der Waals surface area contributed by atoms with Crippen LogP contribution in [0.5, 0.6) is 0 Å². The second kappa shape index (κ2) is 10.0. The van der Waals surface area contributed by atoms with Crippen molar-refractivity contribution in [3.8, 4) is 0 Å². The Labute approximate surface area is 185 Å². The van der Waals surface area contributed by atoms with E-state index in [9.17, 15) is 17.6 Å². The molecule has 1 amide bonds. The Balaban J connectivity index is 1.54. The van der Waals surface area contributed by atoms with Crippen LogP contribution >= 0.6 is 11.6 Å². The number of pyridine rings is 1. The Morgan fingerprint density at radius 3 is 2.58 bits per heavy atom. The maximum absolute atomic E-state index is 13.1. The number of hydrogen-bond donors (Lipinski definition) is 2. The molecule has 0 atom stereocenters. The van der Waals surface area contributed by atoms with E-state index in [-0.39, 0.29) is 18.0 Å². The van der Waals surface area contributed by atoms with Gasteiger partial charge in [0.2, 0.25) is 15.9 Å². The number of fused-ring (bicyclic) bond motifs is 1. The first kappa shape index (κ1) is 22.9. The molecule has 0 saturated carbocycles. The third kappa shape index (κ3) is 5.69. The molecule has 3 aromatic rings. The molecule has 0 aliphatic carbocycles. The fraction of sp³-hybridized carbons (Fsp3) is 0.238. The summed E-state index contributed by atoms with van der Waals surface area (Å²) in [6.45, 7) is 2.15. The molecule has 7 nitrogen and oxygen atoms in total. The Morgan fingerprint density at radius 2 is 1.87 bits per heavy atom. The highest BCUT2D eigenvalue weighted by molar-refractivity contribution is 7.89. The number of aromatic nitrogens is 1. The molecule has 10 heteroatoms. The first-order chi connectivity index (χ1) is 14.8. The number of carbonyl (C=O) groups is 1. The number of benzene rings is 2. The van der Waals surface area contributed by atoms with Crippen molar-refractivity contribution >= 4 is 44.1 Å². The Kier molecular flexibility index (Phi) is 7.42. The average Bonchev–Trinajstić information content (AvgIpc) is 2.75. The Morgan fingerprint density at radius 1 is 1.13 bits per heavy atom. The van der Waals surface area contributed by atoms with Crippen LogP contribution in [0.2, 0.25) is 5.02 Å². The van der Waals surface area contributed by atoms with Gasteiger partial charge >= 0.3 is 0 Å². The summed E-state index contributed by atoms with van der Waals surface area (Å²) in [4.78, 5) is 16.5. The molecule has 1 aromatic heterocycles. The number of sulfonamides is 1. The fourth-order valence-corrected chi connectivity index (χ4v) is 4.58. The van der Waals surface area contributed by atoms with Gasteiger partial charge in [0.05, 0.1) is 17.0 Å². The molecule has 0 unspecified atom stereocenters. The van der Waals surface area contributed by atoms with Crippen molar-refractivity contribution in [2.45, 2.75) is 11.8 Å². The van der Waals surface area contributed by atoms with Crippen LogP contribution in [0, 0.1) is 5.82 Å². The van der Waals surface area contributed by atoms with E-state index in [2.05, 4.69) is 15.6 Å². The topological polar surface area (TPSA) is 91.4 Å². The quantitative estimate of drug-likeness (QED) is 0.474. The van der Waals surface area contributed by atoms with Crippen molar-refractivity contribution in [2.24, 2.45) is 0 Å². The van der Waals surface area contributed by atoms with Crippen LogP contribution in [0.4, 0.5) is 10.1 Å². The normalized spacial score (nSPS) is 11.6. The zero-order chi connectivity index (χ0) is 22.4. The lowest BCUT2D eigenvalue weighted by atomic mass is 10.2. The summed E-state index contributed by atoms with van der Waals surface area (Å²) in [5, 5.41) is 7.43. The monoisotopic (exact) mass is 464 g/mol. The number of halogens is 2. The van der Waals surface area contributed by atoms with Gasteiger partial charge in [0.25, 0.3) is 0 Å². The smallest absolute Gasteiger partial charge is 0.243 e. The third-order valence-corrected chi connectivity index (χ3v) is 6.76. The van der Waals surface area contributed by atoms with Crippen molar-refractivity contribution < 1.29 is 17.6 Å². The SMILES string of the molecule is CCN(CC(=O)NCCNc1ccnc2cc(Cl)ccc12)S(=O)(=O)c1ccc(F)cc1. The minimum Gasteiger partial charge on any atom is -0.383 e. The molecule has 0 bridgehead atoms. The lowest BCUT2D eigenvalue weighted by Crippen LogP contribution is -2.41. The fourth-order valence-electron chi connectivity index (χ4n) is 3.01. The van der Waals surface area contributed by atoms with E-state index < -0.39 is 21.7 Å². The van der Waals surface area contributed by atoms with Crippen molar-refractivity contribution in [2.75, 3.05) is 31.5 Å². The molecule has 0 radical (unpaired) electrons. The molecule has 164 valence electrons. The zero-order valence-corrected chi connectivity index (χ0v) is 18.4. The van der Waals surface area contributed by atoms with Gasteiger partial charge in [-0.2, -0.15) is 4.31 Å². The molecule has 31 heavy (non-hydrogen) atoms. The molecule has 2 N–H and O–H groups in total. The van der Waals surface area contributed by atoms with Crippen molar-refractivity contribution in [1.29, 1.82) is 0 Å². The largest absolute Gasteiger partial charge is 0.383 e. The van der Waals surface area contributed by atoms with Gasteiger partial charge in [0.15, 0.2) is 0 Å². The average molecular weight is 465 g/mol. The highest BCUT2D eigenvalue weighted by Crippen LogP contribution is 2.24. The van der Waals surface area contributed by atoms with Crippen LogP contribution in [-0.2, 0) is 14.8 Å². The first-order valence-corrected chi connectivity index (χ1v) is 11.4. The lowest BCUT2D eigenvalue weighted by Gasteiger charge is -2.20. The van der Waals surface area contributed by atoms with Gasteiger partial charge in [-0.1, -0.05) is 18.5 Å². The number of rotatable bonds is 9. The van der Waals surface area contributed by atoms with Gasteiger partial charge in [0, 0.05) is 41.9 Å². The van der Waals surface area contributed by atoms with E-state index in [0.29, 0.717) is 18.1 Å². The molecule has 1 heterocycles. The number of nitrogens with one attached hydrogen (secondary N) is 2. The summed E-state index contributed by atoms with van der Waals surface area (Å²) in [5.74, 6) is -0.960. The van der Waals surface area contributed by atoms with Crippen LogP contribution in [0.25, 0.3) is 10.9 Å². The molecule has 0 fully saturated rings. The van der Waals surface area contributed by atoms with Gasteiger partial charge < -0.3 is 10.6 Å². The van der Waals surface area contributed by atoms with Crippen LogP contribution in [0.15, 0.2) is 59.6 Å². The minimum absolute atomic E-state index is 0.0603. The van der Waals surface area contributed by atoms with Crippen LogP contribution < -0.4 is 10.6 Å². The van der Waals surface area contributed by atoms with E-state index in [0.717, 1.165) is 33.0 Å². The van der Waals surface area contributed by atoms with E-state index in [4.69, 9.17) is 11.6 Å². The highest BCUT2D eigenvalue weighted by Gasteiger charge is 2.25. The van der Waals surface area contributed by atoms with Crippen LogP contribution in [-0.4, -0.2) is 49.8 Å². The van der Waals surface area contributed by atoms with Crippen LogP contribution in [0.3, 0.4) is 0 Å². The summed E-state index contributed by atoms with van der Waals surface area (Å²) in [6, 6.07) is 11.7. The summed E-state index contributed by atoms with van der Waals surface area (Å²) >= 11 is 5.99. The maximum atomic E-state index is 13.1. The van der Waals surface area contributed by atoms with Crippen molar-refractivity contribution in [1.82, 2.24) is 14.6 Å². The summed E-state index contributed by atoms with van der Waals surface area (Å²) in [7, 11) is -3.89. The number of anilines is 1. The molecule has 3 rings (SSSR count). The molecule has 0 aliphatic heterocycles. The number of nitrogens with zero attached hydrogens (tertiary/aromatic N) is 2. The Hall–Kier alpha value is -2.75.